The number of sulfonamides is 1. The fourth-order valence-corrected chi connectivity index (χ4v) is 2.74. The molecule has 0 aromatic carbocycles. The zero-order valence-corrected chi connectivity index (χ0v) is 11.9. The molecule has 0 heterocycles. The largest absolute Gasteiger partial charge is 0.392 e. The van der Waals surface area contributed by atoms with Gasteiger partial charge in [-0.3, -0.25) is 0 Å². The lowest BCUT2D eigenvalue weighted by Crippen LogP contribution is -2.33. The van der Waals surface area contributed by atoms with E-state index in [0.29, 0.717) is 12.8 Å². The third-order valence-corrected chi connectivity index (χ3v) is 4.13. The molecule has 1 unspecified atom stereocenters. The van der Waals surface area contributed by atoms with Crippen molar-refractivity contribution in [1.29, 1.82) is 0 Å². The first-order chi connectivity index (χ1) is 8.02. The van der Waals surface area contributed by atoms with E-state index in [2.05, 4.69) is 11.6 Å². The van der Waals surface area contributed by atoms with Crippen molar-refractivity contribution in [3.05, 3.63) is 0 Å². The number of aliphatic hydroxyl groups excluding tert-OH is 1. The van der Waals surface area contributed by atoms with Crippen molar-refractivity contribution in [3.8, 4) is 0 Å². The zero-order valence-electron chi connectivity index (χ0n) is 11.1. The van der Waals surface area contributed by atoms with Gasteiger partial charge in [0.05, 0.1) is 11.9 Å². The molecule has 0 aliphatic heterocycles. The fraction of sp³-hybridized carbons (Fsp3) is 1.00. The van der Waals surface area contributed by atoms with Crippen LogP contribution in [0.1, 0.15) is 58.8 Å². The monoisotopic (exact) mass is 265 g/mol. The molecule has 0 aliphatic carbocycles. The van der Waals surface area contributed by atoms with Gasteiger partial charge in [-0.1, -0.05) is 46.0 Å². The molecule has 0 fully saturated rings. The lowest BCUT2D eigenvalue weighted by molar-refractivity contribution is 0.164. The second kappa shape index (κ2) is 9.85. The molecular weight excluding hydrogens is 238 g/mol. The molecular formula is C12H27NO3S. The quantitative estimate of drug-likeness (QED) is 0.562. The van der Waals surface area contributed by atoms with Crippen molar-refractivity contribution in [1.82, 2.24) is 4.72 Å². The van der Waals surface area contributed by atoms with Gasteiger partial charge >= 0.3 is 0 Å². The summed E-state index contributed by atoms with van der Waals surface area (Å²) < 4.78 is 25.5. The van der Waals surface area contributed by atoms with E-state index in [0.717, 1.165) is 32.1 Å². The molecule has 2 N–H and O–H groups in total. The smallest absolute Gasteiger partial charge is 0.211 e. The van der Waals surface area contributed by atoms with Gasteiger partial charge in [-0.05, 0) is 12.8 Å². The minimum atomic E-state index is -3.19. The molecule has 0 aliphatic rings. The summed E-state index contributed by atoms with van der Waals surface area (Å²) in [6.45, 7) is 4.29. The number of nitrogens with one attached hydrogen (secondary N) is 1. The molecule has 0 bridgehead atoms. The van der Waals surface area contributed by atoms with Gasteiger partial charge in [-0.2, -0.15) is 0 Å². The van der Waals surface area contributed by atoms with E-state index in [1.165, 1.54) is 0 Å². The van der Waals surface area contributed by atoms with E-state index in [1.807, 2.05) is 6.92 Å². The van der Waals surface area contributed by atoms with Crippen molar-refractivity contribution < 1.29 is 13.5 Å². The van der Waals surface area contributed by atoms with Crippen molar-refractivity contribution >= 4 is 10.0 Å². The summed E-state index contributed by atoms with van der Waals surface area (Å²) in [5.41, 5.74) is 0. The SMILES string of the molecule is CCCCCC(O)CNS(=O)(=O)CCCCC. The molecule has 0 spiro atoms. The van der Waals surface area contributed by atoms with Crippen LogP contribution in [-0.2, 0) is 10.0 Å². The maximum atomic E-state index is 11.5. The normalized spacial score (nSPS) is 13.8. The Hall–Kier alpha value is -0.130. The van der Waals surface area contributed by atoms with Gasteiger partial charge in [-0.25, -0.2) is 13.1 Å². The van der Waals surface area contributed by atoms with Gasteiger partial charge < -0.3 is 5.11 Å². The van der Waals surface area contributed by atoms with Crippen molar-refractivity contribution in [2.45, 2.75) is 64.9 Å². The van der Waals surface area contributed by atoms with Gasteiger partial charge in [0.15, 0.2) is 0 Å². The Morgan fingerprint density at radius 3 is 2.24 bits per heavy atom. The number of hydrogen-bond acceptors (Lipinski definition) is 3. The Morgan fingerprint density at radius 2 is 1.65 bits per heavy atom. The van der Waals surface area contributed by atoms with Gasteiger partial charge in [0.1, 0.15) is 0 Å². The molecule has 5 heteroatoms. The molecule has 17 heavy (non-hydrogen) atoms. The third kappa shape index (κ3) is 10.7. The molecule has 1 atom stereocenters. The molecule has 0 amide bonds. The van der Waals surface area contributed by atoms with E-state index < -0.39 is 16.1 Å². The van der Waals surface area contributed by atoms with Crippen LogP contribution in [0, 0.1) is 0 Å². The van der Waals surface area contributed by atoms with Crippen molar-refractivity contribution in [3.63, 3.8) is 0 Å². The number of hydrogen-bond donors (Lipinski definition) is 2. The number of unbranched alkanes of at least 4 members (excludes halogenated alkanes) is 4. The second-order valence-electron chi connectivity index (χ2n) is 4.52. The summed E-state index contributed by atoms with van der Waals surface area (Å²) in [6.07, 6.45) is 5.89. The highest BCUT2D eigenvalue weighted by Gasteiger charge is 2.12. The van der Waals surface area contributed by atoms with Gasteiger partial charge in [0.25, 0.3) is 0 Å². The van der Waals surface area contributed by atoms with E-state index in [1.54, 1.807) is 0 Å². The lowest BCUT2D eigenvalue weighted by Gasteiger charge is -2.11. The Kier molecular flexibility index (Phi) is 9.78. The standard InChI is InChI=1S/C12H27NO3S/c1-3-5-7-9-12(14)11-13-17(15,16)10-8-6-4-2/h12-14H,3-11H2,1-2H3. The summed E-state index contributed by atoms with van der Waals surface area (Å²) in [4.78, 5) is 0. The Morgan fingerprint density at radius 1 is 1.06 bits per heavy atom. The molecule has 0 aromatic heterocycles. The first-order valence-electron chi connectivity index (χ1n) is 6.67. The maximum Gasteiger partial charge on any atom is 0.211 e. The second-order valence-corrected chi connectivity index (χ2v) is 6.45. The molecule has 0 saturated heterocycles. The Balaban J connectivity index is 3.69. The van der Waals surface area contributed by atoms with Crippen LogP contribution in [0.4, 0.5) is 0 Å². The highest BCUT2D eigenvalue weighted by Crippen LogP contribution is 2.03. The summed E-state index contributed by atoms with van der Waals surface area (Å²) in [5, 5.41) is 9.58. The minimum absolute atomic E-state index is 0.151. The average molecular weight is 265 g/mol. The first-order valence-corrected chi connectivity index (χ1v) is 8.32. The predicted molar refractivity (Wildman–Crippen MR) is 71.5 cm³/mol. The summed E-state index contributed by atoms with van der Waals surface area (Å²) in [7, 11) is -3.19. The van der Waals surface area contributed by atoms with E-state index in [-0.39, 0.29) is 12.3 Å². The minimum Gasteiger partial charge on any atom is -0.392 e. The predicted octanol–water partition coefficient (Wildman–Crippen LogP) is 2.04. The third-order valence-electron chi connectivity index (χ3n) is 2.70. The van der Waals surface area contributed by atoms with Crippen LogP contribution in [0.15, 0.2) is 0 Å². The number of aliphatic hydroxyl groups is 1. The van der Waals surface area contributed by atoms with Crippen LogP contribution in [0.5, 0.6) is 0 Å². The molecule has 0 saturated carbocycles. The van der Waals surface area contributed by atoms with Gasteiger partial charge in [0.2, 0.25) is 10.0 Å². The summed E-state index contributed by atoms with van der Waals surface area (Å²) in [6, 6.07) is 0. The van der Waals surface area contributed by atoms with Crippen LogP contribution >= 0.6 is 0 Å². The highest BCUT2D eigenvalue weighted by atomic mass is 32.2. The summed E-state index contributed by atoms with van der Waals surface area (Å²) in [5.74, 6) is 0.169. The van der Waals surface area contributed by atoms with E-state index >= 15 is 0 Å². The summed E-state index contributed by atoms with van der Waals surface area (Å²) >= 11 is 0. The fourth-order valence-electron chi connectivity index (χ4n) is 1.57. The molecule has 0 radical (unpaired) electrons. The van der Waals surface area contributed by atoms with Crippen LogP contribution in [-0.4, -0.2) is 31.9 Å². The number of rotatable bonds is 11. The Labute approximate surface area is 106 Å². The maximum absolute atomic E-state index is 11.5. The Bertz CT molecular complexity index is 265. The molecule has 0 aromatic rings. The molecule has 4 nitrogen and oxygen atoms in total. The van der Waals surface area contributed by atoms with Gasteiger partial charge in [0, 0.05) is 6.54 Å². The average Bonchev–Trinajstić information content (AvgIpc) is 2.27. The van der Waals surface area contributed by atoms with E-state index in [9.17, 15) is 13.5 Å². The van der Waals surface area contributed by atoms with Crippen LogP contribution < -0.4 is 4.72 Å². The van der Waals surface area contributed by atoms with Crippen LogP contribution in [0.25, 0.3) is 0 Å². The van der Waals surface area contributed by atoms with Crippen molar-refractivity contribution in [2.24, 2.45) is 0 Å². The topological polar surface area (TPSA) is 66.4 Å². The lowest BCUT2D eigenvalue weighted by atomic mass is 10.1. The first kappa shape index (κ1) is 16.9. The van der Waals surface area contributed by atoms with Crippen molar-refractivity contribution in [2.75, 3.05) is 12.3 Å². The highest BCUT2D eigenvalue weighted by molar-refractivity contribution is 7.89. The van der Waals surface area contributed by atoms with Gasteiger partial charge in [-0.15, -0.1) is 0 Å². The van der Waals surface area contributed by atoms with Crippen LogP contribution in [0.3, 0.4) is 0 Å². The molecule has 104 valence electrons. The van der Waals surface area contributed by atoms with Crippen LogP contribution in [0.2, 0.25) is 0 Å². The van der Waals surface area contributed by atoms with E-state index in [4.69, 9.17) is 0 Å². The molecule has 0 rings (SSSR count). The zero-order chi connectivity index (χ0) is 13.1.